The second kappa shape index (κ2) is 6.63. The molecule has 0 heterocycles. The summed E-state index contributed by atoms with van der Waals surface area (Å²) in [6.45, 7) is 3.76. The molecule has 0 saturated carbocycles. The molecule has 0 bridgehead atoms. The van der Waals surface area contributed by atoms with Gasteiger partial charge in [-0.25, -0.2) is 0 Å². The fourth-order valence-corrected chi connectivity index (χ4v) is 1.61. The van der Waals surface area contributed by atoms with E-state index in [2.05, 4.69) is 4.74 Å². The lowest BCUT2D eigenvalue weighted by Gasteiger charge is -2.19. The molecule has 1 aromatic rings. The van der Waals surface area contributed by atoms with Crippen LogP contribution in [0.2, 0.25) is 0 Å². The van der Waals surface area contributed by atoms with Gasteiger partial charge in [-0.15, -0.1) is 0 Å². The van der Waals surface area contributed by atoms with Gasteiger partial charge >= 0.3 is 12.1 Å². The Morgan fingerprint density at radius 1 is 1.20 bits per heavy atom. The van der Waals surface area contributed by atoms with E-state index in [0.717, 1.165) is 12.1 Å². The van der Waals surface area contributed by atoms with E-state index in [-0.39, 0.29) is 18.3 Å². The van der Waals surface area contributed by atoms with Crippen LogP contribution in [0.3, 0.4) is 0 Å². The van der Waals surface area contributed by atoms with Gasteiger partial charge in [-0.2, -0.15) is 13.2 Å². The minimum Gasteiger partial charge on any atom is -0.493 e. The van der Waals surface area contributed by atoms with Gasteiger partial charge in [-0.1, -0.05) is 13.8 Å². The molecular formula is C14H17F3O3. The van der Waals surface area contributed by atoms with Crippen LogP contribution in [0.25, 0.3) is 0 Å². The Balaban J connectivity index is 2.67. The van der Waals surface area contributed by atoms with Crippen LogP contribution < -0.4 is 4.74 Å². The standard InChI is InChI=1S/C14H17F3O3/c1-9(2)12(13(18)19-3)8-20-11-6-4-10(5-7-11)14(15,16)17/h4-7,9,12H,8H2,1-3H3. The quantitative estimate of drug-likeness (QED) is 0.778. The molecule has 112 valence electrons. The minimum absolute atomic E-state index is 0.0110. The van der Waals surface area contributed by atoms with E-state index in [9.17, 15) is 18.0 Å². The summed E-state index contributed by atoms with van der Waals surface area (Å²) in [5, 5.41) is 0. The van der Waals surface area contributed by atoms with Gasteiger partial charge < -0.3 is 9.47 Å². The first-order valence-electron chi connectivity index (χ1n) is 6.13. The fourth-order valence-electron chi connectivity index (χ4n) is 1.61. The first kappa shape index (κ1) is 16.3. The van der Waals surface area contributed by atoms with Gasteiger partial charge in [0.25, 0.3) is 0 Å². The van der Waals surface area contributed by atoms with Crippen LogP contribution in [0.5, 0.6) is 5.75 Å². The lowest BCUT2D eigenvalue weighted by atomic mass is 9.97. The molecule has 20 heavy (non-hydrogen) atoms. The molecule has 0 fully saturated rings. The van der Waals surface area contributed by atoms with Crippen LogP contribution in [0.15, 0.2) is 24.3 Å². The van der Waals surface area contributed by atoms with Crippen LogP contribution in [0.4, 0.5) is 13.2 Å². The Morgan fingerprint density at radius 3 is 2.15 bits per heavy atom. The van der Waals surface area contributed by atoms with Crippen molar-refractivity contribution in [1.29, 1.82) is 0 Å². The molecule has 0 aliphatic heterocycles. The average Bonchev–Trinajstić information content (AvgIpc) is 2.37. The fraction of sp³-hybridized carbons (Fsp3) is 0.500. The highest BCUT2D eigenvalue weighted by Crippen LogP contribution is 2.30. The summed E-state index contributed by atoms with van der Waals surface area (Å²) in [5.74, 6) is -0.557. The van der Waals surface area contributed by atoms with Crippen LogP contribution >= 0.6 is 0 Å². The molecule has 3 nitrogen and oxygen atoms in total. The molecule has 1 unspecified atom stereocenters. The number of esters is 1. The highest BCUT2D eigenvalue weighted by Gasteiger charge is 2.30. The van der Waals surface area contributed by atoms with Crippen molar-refractivity contribution in [2.24, 2.45) is 11.8 Å². The molecule has 0 N–H and O–H groups in total. The number of hydrogen-bond acceptors (Lipinski definition) is 3. The summed E-state index contributed by atoms with van der Waals surface area (Å²) >= 11 is 0. The Kier molecular flexibility index (Phi) is 5.42. The largest absolute Gasteiger partial charge is 0.493 e. The Bertz CT molecular complexity index is 438. The minimum atomic E-state index is -4.37. The SMILES string of the molecule is COC(=O)C(COc1ccc(C(F)(F)F)cc1)C(C)C. The third-order valence-electron chi connectivity index (χ3n) is 2.92. The van der Waals surface area contributed by atoms with E-state index in [4.69, 9.17) is 4.74 Å². The van der Waals surface area contributed by atoms with Crippen molar-refractivity contribution in [3.05, 3.63) is 29.8 Å². The third kappa shape index (κ3) is 4.43. The molecule has 1 atom stereocenters. The molecule has 0 aromatic heterocycles. The Hall–Kier alpha value is -1.72. The number of benzene rings is 1. The second-order valence-electron chi connectivity index (χ2n) is 4.71. The maximum atomic E-state index is 12.4. The zero-order chi connectivity index (χ0) is 15.3. The molecule has 0 saturated heterocycles. The first-order valence-corrected chi connectivity index (χ1v) is 6.13. The van der Waals surface area contributed by atoms with E-state index in [1.165, 1.54) is 19.2 Å². The summed E-state index contributed by atoms with van der Waals surface area (Å²) in [6, 6.07) is 4.35. The predicted octanol–water partition coefficient (Wildman–Crippen LogP) is 3.53. The Morgan fingerprint density at radius 2 is 1.75 bits per heavy atom. The molecule has 0 radical (unpaired) electrons. The highest BCUT2D eigenvalue weighted by atomic mass is 19.4. The second-order valence-corrected chi connectivity index (χ2v) is 4.71. The zero-order valence-electron chi connectivity index (χ0n) is 11.5. The van der Waals surface area contributed by atoms with Crippen LogP contribution in [-0.4, -0.2) is 19.7 Å². The van der Waals surface area contributed by atoms with Crippen LogP contribution in [0, 0.1) is 11.8 Å². The number of carbonyl (C=O) groups is 1. The number of hydrogen-bond donors (Lipinski definition) is 0. The van der Waals surface area contributed by atoms with Crippen molar-refractivity contribution in [2.45, 2.75) is 20.0 Å². The maximum absolute atomic E-state index is 12.4. The molecule has 1 aromatic carbocycles. The van der Waals surface area contributed by atoms with Crippen molar-refractivity contribution >= 4 is 5.97 Å². The molecule has 0 amide bonds. The van der Waals surface area contributed by atoms with Crippen LogP contribution in [-0.2, 0) is 15.7 Å². The van der Waals surface area contributed by atoms with Gasteiger partial charge in [-0.05, 0) is 30.2 Å². The lowest BCUT2D eigenvalue weighted by molar-refractivity contribution is -0.148. The predicted molar refractivity (Wildman–Crippen MR) is 67.3 cm³/mol. The molecule has 6 heteroatoms. The van der Waals surface area contributed by atoms with Gasteiger partial charge in [-0.3, -0.25) is 4.79 Å². The lowest BCUT2D eigenvalue weighted by Crippen LogP contribution is -2.27. The summed E-state index contributed by atoms with van der Waals surface area (Å²) in [7, 11) is 1.29. The summed E-state index contributed by atoms with van der Waals surface area (Å²) in [5.41, 5.74) is -0.738. The summed E-state index contributed by atoms with van der Waals surface area (Å²) < 4.78 is 47.2. The third-order valence-corrected chi connectivity index (χ3v) is 2.92. The van der Waals surface area contributed by atoms with Crippen molar-refractivity contribution in [3.63, 3.8) is 0 Å². The molecule has 1 rings (SSSR count). The van der Waals surface area contributed by atoms with Gasteiger partial charge in [0.1, 0.15) is 12.4 Å². The van der Waals surface area contributed by atoms with Gasteiger partial charge in [0.15, 0.2) is 0 Å². The van der Waals surface area contributed by atoms with Gasteiger partial charge in [0.05, 0.1) is 18.6 Å². The number of halogens is 3. The van der Waals surface area contributed by atoms with E-state index in [1.54, 1.807) is 0 Å². The smallest absolute Gasteiger partial charge is 0.416 e. The number of alkyl halides is 3. The monoisotopic (exact) mass is 290 g/mol. The Labute approximate surface area is 115 Å². The molecule has 0 aliphatic rings. The number of carbonyl (C=O) groups excluding carboxylic acids is 1. The van der Waals surface area contributed by atoms with Gasteiger partial charge in [0, 0.05) is 0 Å². The molecule has 0 spiro atoms. The van der Waals surface area contributed by atoms with E-state index >= 15 is 0 Å². The van der Waals surface area contributed by atoms with Crippen molar-refractivity contribution in [1.82, 2.24) is 0 Å². The number of methoxy groups -OCH3 is 1. The zero-order valence-corrected chi connectivity index (χ0v) is 11.5. The van der Waals surface area contributed by atoms with Crippen molar-refractivity contribution in [2.75, 3.05) is 13.7 Å². The maximum Gasteiger partial charge on any atom is 0.416 e. The normalized spacial score (nSPS) is 13.2. The van der Waals surface area contributed by atoms with E-state index < -0.39 is 23.6 Å². The van der Waals surface area contributed by atoms with Crippen molar-refractivity contribution < 1.29 is 27.4 Å². The molecule has 0 aliphatic carbocycles. The van der Waals surface area contributed by atoms with E-state index in [1.807, 2.05) is 13.8 Å². The number of ether oxygens (including phenoxy) is 2. The molecular weight excluding hydrogens is 273 g/mol. The van der Waals surface area contributed by atoms with Gasteiger partial charge in [0.2, 0.25) is 0 Å². The van der Waals surface area contributed by atoms with E-state index in [0.29, 0.717) is 0 Å². The number of rotatable bonds is 5. The van der Waals surface area contributed by atoms with Crippen LogP contribution in [0.1, 0.15) is 19.4 Å². The average molecular weight is 290 g/mol. The topological polar surface area (TPSA) is 35.5 Å². The highest BCUT2D eigenvalue weighted by molar-refractivity contribution is 5.72. The summed E-state index contributed by atoms with van der Waals surface area (Å²) in [4.78, 5) is 11.5. The van der Waals surface area contributed by atoms with Crippen molar-refractivity contribution in [3.8, 4) is 5.75 Å². The first-order chi connectivity index (χ1) is 9.25. The summed E-state index contributed by atoms with van der Waals surface area (Å²) in [6.07, 6.45) is -4.37.